The van der Waals surface area contributed by atoms with Crippen LogP contribution in [0.15, 0.2) is 22.0 Å². The van der Waals surface area contributed by atoms with E-state index in [0.717, 1.165) is 5.75 Å². The highest BCUT2D eigenvalue weighted by atomic mass is 32.2. The molecule has 28 heavy (non-hydrogen) atoms. The predicted molar refractivity (Wildman–Crippen MR) is 101 cm³/mol. The second-order valence-electron chi connectivity index (χ2n) is 7.46. The number of benzene rings is 1. The lowest BCUT2D eigenvalue weighted by molar-refractivity contribution is -0.161. The van der Waals surface area contributed by atoms with Gasteiger partial charge in [0.05, 0.1) is 21.3 Å². The monoisotopic (exact) mass is 405 g/mol. The first-order chi connectivity index (χ1) is 13.3. The summed E-state index contributed by atoms with van der Waals surface area (Å²) in [5, 5.41) is 0.901. The number of nitrogens with zero attached hydrogens (tertiary/aromatic N) is 1. The minimum atomic E-state index is -0.815. The van der Waals surface area contributed by atoms with Gasteiger partial charge in [0.25, 0.3) is 0 Å². The number of esters is 2. The van der Waals surface area contributed by atoms with Gasteiger partial charge in [-0.2, -0.15) is 0 Å². The average Bonchev–Trinajstić information content (AvgIpc) is 3.28. The van der Waals surface area contributed by atoms with Crippen LogP contribution in [0.5, 0.6) is 11.5 Å². The van der Waals surface area contributed by atoms with Crippen LogP contribution in [0.3, 0.4) is 0 Å². The van der Waals surface area contributed by atoms with Crippen LogP contribution in [-0.2, 0) is 20.8 Å². The maximum absolute atomic E-state index is 13.1. The maximum Gasteiger partial charge on any atom is 0.347 e. The largest absolute Gasteiger partial charge is 0.454 e. The van der Waals surface area contributed by atoms with Gasteiger partial charge in [0.2, 0.25) is 19.0 Å². The van der Waals surface area contributed by atoms with Crippen molar-refractivity contribution in [3.8, 4) is 11.5 Å². The third kappa shape index (κ3) is 3.09. The van der Waals surface area contributed by atoms with Crippen LogP contribution in [0, 0.1) is 5.41 Å². The highest BCUT2D eigenvalue weighted by Crippen LogP contribution is 2.38. The third-order valence-electron chi connectivity index (χ3n) is 4.46. The molecule has 0 spiro atoms. The molecule has 0 fully saturated rings. The van der Waals surface area contributed by atoms with Crippen molar-refractivity contribution in [2.45, 2.75) is 32.3 Å². The Morgan fingerprint density at radius 2 is 1.89 bits per heavy atom. The predicted octanol–water partition coefficient (Wildman–Crippen LogP) is 2.54. The second-order valence-corrected chi connectivity index (χ2v) is 8.55. The first-order valence-electron chi connectivity index (χ1n) is 8.74. The van der Waals surface area contributed by atoms with E-state index in [4.69, 9.17) is 18.9 Å². The Balaban J connectivity index is 1.69. The summed E-state index contributed by atoms with van der Waals surface area (Å²) in [6, 6.07) is 3.35. The van der Waals surface area contributed by atoms with E-state index in [1.54, 1.807) is 32.9 Å². The summed E-state index contributed by atoms with van der Waals surface area (Å²) in [5.41, 5.74) is -0.527. The van der Waals surface area contributed by atoms with Crippen molar-refractivity contribution in [3.63, 3.8) is 0 Å². The average molecular weight is 405 g/mol. The Morgan fingerprint density at radius 3 is 2.61 bits per heavy atom. The van der Waals surface area contributed by atoms with E-state index < -0.39 is 29.6 Å². The Labute approximate surface area is 164 Å². The normalized spacial score (nSPS) is 14.8. The van der Waals surface area contributed by atoms with E-state index in [2.05, 4.69) is 0 Å². The molecule has 2 aliphatic heterocycles. The number of aromatic nitrogens is 1. The van der Waals surface area contributed by atoms with Gasteiger partial charge >= 0.3 is 11.9 Å². The van der Waals surface area contributed by atoms with Crippen molar-refractivity contribution in [3.05, 3.63) is 27.9 Å². The summed E-state index contributed by atoms with van der Waals surface area (Å²) in [6.45, 7) is 5.28. The SMILES string of the molecule is CC(C)(C)C(=O)OCOC(=O)c1c2n(c3cc4c(cc3c1=O)OCO4)CCS2. The van der Waals surface area contributed by atoms with Gasteiger partial charge < -0.3 is 23.5 Å². The van der Waals surface area contributed by atoms with Gasteiger partial charge in [-0.3, -0.25) is 9.59 Å². The Morgan fingerprint density at radius 1 is 1.18 bits per heavy atom. The molecular formula is C19H19NO7S. The lowest BCUT2D eigenvalue weighted by Crippen LogP contribution is -2.26. The van der Waals surface area contributed by atoms with Crippen molar-refractivity contribution in [2.75, 3.05) is 19.3 Å². The smallest absolute Gasteiger partial charge is 0.347 e. The van der Waals surface area contributed by atoms with E-state index in [9.17, 15) is 14.4 Å². The minimum Gasteiger partial charge on any atom is -0.454 e. The molecule has 1 aromatic carbocycles. The lowest BCUT2D eigenvalue weighted by atomic mass is 9.98. The fourth-order valence-electron chi connectivity index (χ4n) is 3.02. The fourth-order valence-corrected chi connectivity index (χ4v) is 4.16. The van der Waals surface area contributed by atoms with Crippen molar-refractivity contribution < 1.29 is 28.5 Å². The molecule has 3 heterocycles. The first kappa shape index (κ1) is 18.7. The molecule has 2 aliphatic rings. The molecule has 0 atom stereocenters. The number of fused-ring (bicyclic) bond motifs is 4. The number of aryl methyl sites for hydroxylation is 1. The highest BCUT2D eigenvalue weighted by molar-refractivity contribution is 7.99. The van der Waals surface area contributed by atoms with Gasteiger partial charge in [-0.1, -0.05) is 0 Å². The van der Waals surface area contributed by atoms with Gasteiger partial charge in [-0.25, -0.2) is 4.79 Å². The molecule has 0 saturated heterocycles. The molecule has 1 aromatic heterocycles. The van der Waals surface area contributed by atoms with Crippen LogP contribution in [0.4, 0.5) is 0 Å². The molecule has 0 amide bonds. The quantitative estimate of drug-likeness (QED) is 0.568. The van der Waals surface area contributed by atoms with Gasteiger partial charge in [0, 0.05) is 18.4 Å². The van der Waals surface area contributed by atoms with Crippen LogP contribution < -0.4 is 14.9 Å². The molecule has 0 unspecified atom stereocenters. The number of carbonyl (C=O) groups is 2. The van der Waals surface area contributed by atoms with Gasteiger partial charge in [-0.05, 0) is 26.8 Å². The molecule has 0 bridgehead atoms. The number of pyridine rings is 1. The zero-order chi connectivity index (χ0) is 20.1. The number of carbonyl (C=O) groups excluding carboxylic acids is 2. The van der Waals surface area contributed by atoms with Crippen molar-refractivity contribution in [2.24, 2.45) is 5.41 Å². The Bertz CT molecular complexity index is 1050. The zero-order valence-corrected chi connectivity index (χ0v) is 16.5. The van der Waals surface area contributed by atoms with E-state index >= 15 is 0 Å². The number of ether oxygens (including phenoxy) is 4. The molecule has 2 aromatic rings. The number of thioether (sulfide) groups is 1. The molecular weight excluding hydrogens is 386 g/mol. The van der Waals surface area contributed by atoms with Gasteiger partial charge in [0.15, 0.2) is 11.5 Å². The second kappa shape index (κ2) is 6.73. The topological polar surface area (TPSA) is 93.1 Å². The first-order valence-corrected chi connectivity index (χ1v) is 9.73. The van der Waals surface area contributed by atoms with E-state index in [1.165, 1.54) is 11.8 Å². The summed E-state index contributed by atoms with van der Waals surface area (Å²) in [4.78, 5) is 37.5. The number of rotatable bonds is 3. The third-order valence-corrected chi connectivity index (χ3v) is 5.55. The number of hydrogen-bond donors (Lipinski definition) is 0. The standard InChI is InChI=1S/C19H19NO7S/c1-19(2,3)18(23)27-9-26-17(22)14-15(21)10-6-12-13(25-8-24-12)7-11(10)20-4-5-28-16(14)20/h6-7H,4-5,8-9H2,1-3H3. The lowest BCUT2D eigenvalue weighted by Gasteiger charge is -2.17. The molecule has 9 heteroatoms. The van der Waals surface area contributed by atoms with E-state index in [1.807, 2.05) is 4.57 Å². The Kier molecular flexibility index (Phi) is 4.49. The molecule has 148 valence electrons. The summed E-state index contributed by atoms with van der Waals surface area (Å²) in [6.07, 6.45) is 0. The minimum absolute atomic E-state index is 0.0549. The van der Waals surface area contributed by atoms with E-state index in [-0.39, 0.29) is 12.4 Å². The maximum atomic E-state index is 13.1. The van der Waals surface area contributed by atoms with Crippen LogP contribution in [0.1, 0.15) is 31.1 Å². The zero-order valence-electron chi connectivity index (χ0n) is 15.7. The van der Waals surface area contributed by atoms with Crippen molar-refractivity contribution in [1.82, 2.24) is 4.57 Å². The van der Waals surface area contributed by atoms with E-state index in [0.29, 0.717) is 34.0 Å². The number of hydrogen-bond acceptors (Lipinski definition) is 8. The van der Waals surface area contributed by atoms with Crippen molar-refractivity contribution in [1.29, 1.82) is 0 Å². The highest BCUT2D eigenvalue weighted by Gasteiger charge is 2.29. The van der Waals surface area contributed by atoms with Gasteiger partial charge in [0.1, 0.15) is 5.56 Å². The molecule has 0 aliphatic carbocycles. The van der Waals surface area contributed by atoms with Crippen LogP contribution >= 0.6 is 11.8 Å². The summed E-state index contributed by atoms with van der Waals surface area (Å²) in [7, 11) is 0. The fraction of sp³-hybridized carbons (Fsp3) is 0.421. The molecule has 0 saturated carbocycles. The Hall–Kier alpha value is -2.68. The van der Waals surface area contributed by atoms with Crippen LogP contribution in [0.25, 0.3) is 10.9 Å². The summed E-state index contributed by atoms with van der Waals surface area (Å²) < 4.78 is 22.7. The van der Waals surface area contributed by atoms with Gasteiger partial charge in [-0.15, -0.1) is 11.8 Å². The molecule has 4 rings (SSSR count). The summed E-state index contributed by atoms with van der Waals surface area (Å²) in [5.74, 6) is 0.455. The molecule has 0 radical (unpaired) electrons. The van der Waals surface area contributed by atoms with Crippen LogP contribution in [0.2, 0.25) is 0 Å². The molecule has 8 nitrogen and oxygen atoms in total. The van der Waals surface area contributed by atoms with Crippen LogP contribution in [-0.4, -0.2) is 35.8 Å². The van der Waals surface area contributed by atoms with Crippen molar-refractivity contribution >= 4 is 34.6 Å². The summed E-state index contributed by atoms with van der Waals surface area (Å²) >= 11 is 1.41. The molecule has 0 N–H and O–H groups in total.